The average Bonchev–Trinajstić information content (AvgIpc) is 3.08. The molecular formula is C33H31FN8O4. The first-order valence-corrected chi connectivity index (χ1v) is 14.5. The first kappa shape index (κ1) is 30.3. The number of benzene rings is 3. The van der Waals surface area contributed by atoms with Gasteiger partial charge in [0.25, 0.3) is 5.91 Å². The molecule has 1 fully saturated rings. The number of hydrogen-bond acceptors (Lipinski definition) is 9. The Balaban J connectivity index is 1.27. The van der Waals surface area contributed by atoms with Gasteiger partial charge in [0.1, 0.15) is 11.6 Å². The highest BCUT2D eigenvalue weighted by molar-refractivity contribution is 6.01. The number of carbonyl (C=O) groups is 2. The maximum atomic E-state index is 15.6. The van der Waals surface area contributed by atoms with Crippen LogP contribution in [0.5, 0.6) is 6.01 Å². The summed E-state index contributed by atoms with van der Waals surface area (Å²) in [6.45, 7) is 2.37. The van der Waals surface area contributed by atoms with Crippen LogP contribution in [0.25, 0.3) is 33.4 Å². The number of ether oxygens (including phenoxy) is 2. The summed E-state index contributed by atoms with van der Waals surface area (Å²) >= 11 is 0. The molecule has 3 heterocycles. The smallest absolute Gasteiger partial charge is 0.323 e. The standard InChI is InChI=1S/C33H31FN8O4/c1-41(2)31(43)20-4-7-23(8-5-20)37-32(44)38-24-9-11-25(27(34)17-24)29-39-28-16-21(22-18-35-33(45-3)36-19-22)6-10-26(28)30(40-29)42-12-14-46-15-13-42/h4-11,16-19H,12-15H2,1-3H3,(H2,37,38,44). The number of amides is 3. The summed E-state index contributed by atoms with van der Waals surface area (Å²) < 4.78 is 26.3. The van der Waals surface area contributed by atoms with Gasteiger partial charge in [-0.2, -0.15) is 0 Å². The van der Waals surface area contributed by atoms with Crippen LogP contribution in [0.3, 0.4) is 0 Å². The molecule has 2 N–H and O–H groups in total. The Hall–Kier alpha value is -5.69. The van der Waals surface area contributed by atoms with Crippen LogP contribution in [0.2, 0.25) is 0 Å². The van der Waals surface area contributed by atoms with E-state index in [-0.39, 0.29) is 29.0 Å². The number of rotatable bonds is 7. The lowest BCUT2D eigenvalue weighted by atomic mass is 10.1. The third kappa shape index (κ3) is 6.54. The summed E-state index contributed by atoms with van der Waals surface area (Å²) in [4.78, 5) is 46.3. The molecule has 46 heavy (non-hydrogen) atoms. The quantitative estimate of drug-likeness (QED) is 0.255. The summed E-state index contributed by atoms with van der Waals surface area (Å²) in [5.41, 5.74) is 3.62. The third-order valence-electron chi connectivity index (χ3n) is 7.40. The number of methoxy groups -OCH3 is 1. The second-order valence-corrected chi connectivity index (χ2v) is 10.7. The van der Waals surface area contributed by atoms with Crippen molar-refractivity contribution in [3.05, 3.63) is 84.4 Å². The summed E-state index contributed by atoms with van der Waals surface area (Å²) in [5, 5.41) is 6.15. The van der Waals surface area contributed by atoms with Gasteiger partial charge in [-0.05, 0) is 60.2 Å². The molecule has 0 aliphatic carbocycles. The number of carbonyl (C=O) groups excluding carboxylic acids is 2. The van der Waals surface area contributed by atoms with E-state index in [1.54, 1.807) is 56.8 Å². The molecule has 6 rings (SSSR count). The SMILES string of the molecule is COc1ncc(-c2ccc3c(N4CCOCC4)nc(-c4ccc(NC(=O)Nc5ccc(C(=O)N(C)C)cc5)cc4F)nc3c2)cn1. The van der Waals surface area contributed by atoms with Gasteiger partial charge in [0.15, 0.2) is 5.82 Å². The number of morpholine rings is 1. The fourth-order valence-corrected chi connectivity index (χ4v) is 5.02. The molecule has 0 atom stereocenters. The van der Waals surface area contributed by atoms with Gasteiger partial charge in [-0.3, -0.25) is 4.79 Å². The van der Waals surface area contributed by atoms with Crippen LogP contribution in [0.1, 0.15) is 10.4 Å². The summed E-state index contributed by atoms with van der Waals surface area (Å²) in [7, 11) is 4.83. The molecule has 0 spiro atoms. The minimum Gasteiger partial charge on any atom is -0.467 e. The van der Waals surface area contributed by atoms with Crippen LogP contribution >= 0.6 is 0 Å². The highest BCUT2D eigenvalue weighted by Gasteiger charge is 2.20. The predicted molar refractivity (Wildman–Crippen MR) is 173 cm³/mol. The van der Waals surface area contributed by atoms with Gasteiger partial charge in [-0.15, -0.1) is 0 Å². The zero-order valence-electron chi connectivity index (χ0n) is 25.5. The van der Waals surface area contributed by atoms with E-state index < -0.39 is 11.8 Å². The second-order valence-electron chi connectivity index (χ2n) is 10.7. The van der Waals surface area contributed by atoms with Crippen LogP contribution in [-0.4, -0.2) is 84.3 Å². The molecule has 1 aliphatic rings. The van der Waals surface area contributed by atoms with Crippen molar-refractivity contribution in [2.75, 3.05) is 63.0 Å². The Morgan fingerprint density at radius 2 is 1.59 bits per heavy atom. The van der Waals surface area contributed by atoms with Crippen LogP contribution in [0, 0.1) is 5.82 Å². The van der Waals surface area contributed by atoms with E-state index >= 15 is 4.39 Å². The number of hydrogen-bond donors (Lipinski definition) is 2. The van der Waals surface area contributed by atoms with Crippen molar-refractivity contribution in [3.63, 3.8) is 0 Å². The van der Waals surface area contributed by atoms with E-state index in [9.17, 15) is 9.59 Å². The topological polar surface area (TPSA) is 135 Å². The Morgan fingerprint density at radius 3 is 2.26 bits per heavy atom. The molecule has 3 amide bonds. The van der Waals surface area contributed by atoms with Crippen molar-refractivity contribution in [3.8, 4) is 28.5 Å². The lowest BCUT2D eigenvalue weighted by molar-refractivity contribution is 0.0827. The molecule has 1 saturated heterocycles. The molecule has 0 radical (unpaired) electrons. The van der Waals surface area contributed by atoms with E-state index in [2.05, 4.69) is 25.5 Å². The van der Waals surface area contributed by atoms with Gasteiger partial charge in [0.2, 0.25) is 0 Å². The lowest BCUT2D eigenvalue weighted by Gasteiger charge is -2.29. The van der Waals surface area contributed by atoms with Crippen molar-refractivity contribution < 1.29 is 23.5 Å². The molecule has 0 saturated carbocycles. The second kappa shape index (κ2) is 13.1. The van der Waals surface area contributed by atoms with Gasteiger partial charge in [-0.25, -0.2) is 29.1 Å². The first-order valence-electron chi connectivity index (χ1n) is 14.5. The normalized spacial score (nSPS) is 12.9. The largest absolute Gasteiger partial charge is 0.467 e. The van der Waals surface area contributed by atoms with Gasteiger partial charge < -0.3 is 29.9 Å². The van der Waals surface area contributed by atoms with E-state index in [0.717, 1.165) is 16.5 Å². The number of fused-ring (bicyclic) bond motifs is 1. The molecule has 0 unspecified atom stereocenters. The summed E-state index contributed by atoms with van der Waals surface area (Å²) in [6, 6.07) is 16.3. The number of nitrogens with one attached hydrogen (secondary N) is 2. The van der Waals surface area contributed by atoms with Crippen LogP contribution in [-0.2, 0) is 4.74 Å². The summed E-state index contributed by atoms with van der Waals surface area (Å²) in [5.74, 6) is 0.140. The van der Waals surface area contributed by atoms with Crippen LogP contribution in [0.4, 0.5) is 26.4 Å². The zero-order valence-corrected chi connectivity index (χ0v) is 25.5. The van der Waals surface area contributed by atoms with Crippen LogP contribution in [0.15, 0.2) is 73.1 Å². The fourth-order valence-electron chi connectivity index (χ4n) is 5.02. The Labute approximate surface area is 264 Å². The highest BCUT2D eigenvalue weighted by Crippen LogP contribution is 2.33. The summed E-state index contributed by atoms with van der Waals surface area (Å²) in [6.07, 6.45) is 3.33. The van der Waals surface area contributed by atoms with Gasteiger partial charge in [0, 0.05) is 67.5 Å². The zero-order chi connectivity index (χ0) is 32.2. The minimum absolute atomic E-state index is 0.147. The van der Waals surface area contributed by atoms with E-state index in [1.807, 2.05) is 18.2 Å². The maximum absolute atomic E-state index is 15.6. The molecule has 1 aliphatic heterocycles. The highest BCUT2D eigenvalue weighted by atomic mass is 19.1. The Morgan fingerprint density at radius 1 is 0.891 bits per heavy atom. The van der Waals surface area contributed by atoms with Crippen molar-refractivity contribution in [1.29, 1.82) is 0 Å². The average molecular weight is 623 g/mol. The number of urea groups is 1. The molecule has 234 valence electrons. The van der Waals surface area contributed by atoms with Gasteiger partial charge >= 0.3 is 12.0 Å². The van der Waals surface area contributed by atoms with Crippen LogP contribution < -0.4 is 20.3 Å². The van der Waals surface area contributed by atoms with Crippen molar-refractivity contribution in [2.24, 2.45) is 0 Å². The molecule has 0 bridgehead atoms. The molecule has 3 aromatic carbocycles. The number of aromatic nitrogens is 4. The molecule has 5 aromatic rings. The van der Waals surface area contributed by atoms with Crippen molar-refractivity contribution in [1.82, 2.24) is 24.8 Å². The Bertz CT molecular complexity index is 1900. The van der Waals surface area contributed by atoms with Gasteiger partial charge in [0.05, 0.1) is 31.4 Å². The van der Waals surface area contributed by atoms with Crippen molar-refractivity contribution >= 4 is 40.0 Å². The molecule has 12 nitrogen and oxygen atoms in total. The molecule has 13 heteroatoms. The number of nitrogens with zero attached hydrogens (tertiary/aromatic N) is 6. The lowest BCUT2D eigenvalue weighted by Crippen LogP contribution is -2.37. The monoisotopic (exact) mass is 622 g/mol. The third-order valence-corrected chi connectivity index (χ3v) is 7.40. The Kier molecular flexibility index (Phi) is 8.65. The van der Waals surface area contributed by atoms with E-state index in [4.69, 9.17) is 19.4 Å². The van der Waals surface area contributed by atoms with Gasteiger partial charge in [-0.1, -0.05) is 6.07 Å². The fraction of sp³-hybridized carbons (Fsp3) is 0.212. The molecular weight excluding hydrogens is 591 g/mol. The predicted octanol–water partition coefficient (Wildman–Crippen LogP) is 5.08. The number of anilines is 3. The number of halogens is 1. The van der Waals surface area contributed by atoms with Crippen molar-refractivity contribution in [2.45, 2.75) is 0 Å². The maximum Gasteiger partial charge on any atom is 0.323 e. The first-order chi connectivity index (χ1) is 22.3. The molecule has 2 aromatic heterocycles. The van der Waals surface area contributed by atoms with E-state index in [1.165, 1.54) is 24.1 Å². The van der Waals surface area contributed by atoms with E-state index in [0.29, 0.717) is 48.9 Å². The minimum atomic E-state index is -0.601.